The van der Waals surface area contributed by atoms with Crippen molar-refractivity contribution < 1.29 is 9.15 Å². The average Bonchev–Trinajstić information content (AvgIpc) is 3.10. The first-order chi connectivity index (χ1) is 10.1. The number of hydrogen-bond acceptors (Lipinski definition) is 5. The van der Waals surface area contributed by atoms with E-state index < -0.39 is 0 Å². The summed E-state index contributed by atoms with van der Waals surface area (Å²) in [7, 11) is 0. The van der Waals surface area contributed by atoms with Crippen molar-refractivity contribution in [2.45, 2.75) is 13.0 Å². The first-order valence-corrected chi connectivity index (χ1v) is 8.59. The summed E-state index contributed by atoms with van der Waals surface area (Å²) in [6.45, 7) is 1.88. The van der Waals surface area contributed by atoms with E-state index in [0.717, 1.165) is 19.6 Å². The third-order valence-corrected chi connectivity index (χ3v) is 4.69. The van der Waals surface area contributed by atoms with Crippen molar-refractivity contribution in [2.24, 2.45) is 0 Å². The van der Waals surface area contributed by atoms with Crippen LogP contribution >= 0.6 is 43.2 Å². The highest BCUT2D eigenvalue weighted by atomic mass is 79.9. The van der Waals surface area contributed by atoms with Crippen LogP contribution in [0.1, 0.15) is 18.9 Å². The Bertz CT molecular complexity index is 743. The van der Waals surface area contributed by atoms with Crippen LogP contribution in [0.15, 0.2) is 49.1 Å². The Kier molecular flexibility index (Phi) is 4.42. The smallest absolute Gasteiger partial charge is 0.257 e. The number of nitrogens with zero attached hydrogens (tertiary/aromatic N) is 2. The summed E-state index contributed by atoms with van der Waals surface area (Å²) in [5.74, 6) is 1.69. The van der Waals surface area contributed by atoms with Crippen LogP contribution in [0.5, 0.6) is 5.75 Å². The molecule has 1 atom stereocenters. The molecular formula is C14H10Br2N2O2S. The number of thiophene rings is 1. The zero-order valence-corrected chi connectivity index (χ0v) is 14.9. The summed E-state index contributed by atoms with van der Waals surface area (Å²) >= 11 is 8.43. The lowest BCUT2D eigenvalue weighted by atomic mass is 10.3. The highest BCUT2D eigenvalue weighted by molar-refractivity contribution is 9.11. The second kappa shape index (κ2) is 6.29. The maximum Gasteiger partial charge on any atom is 0.257 e. The topological polar surface area (TPSA) is 48.2 Å². The molecule has 0 fully saturated rings. The van der Waals surface area contributed by atoms with Crippen LogP contribution in [0.3, 0.4) is 0 Å². The molecular weight excluding hydrogens is 420 g/mol. The largest absolute Gasteiger partial charge is 0.480 e. The maximum absolute atomic E-state index is 5.86. The zero-order chi connectivity index (χ0) is 14.8. The standard InChI is InChI=1S/C14H10Br2N2O2S/c1-8(19-11-5-4-9(15)7-10(11)16)13-17-18-14(20-13)12-3-2-6-21-12/h2-8H,1H3/t8-/m0/s1. The molecule has 2 heterocycles. The fourth-order valence-electron chi connectivity index (χ4n) is 1.71. The molecule has 0 saturated heterocycles. The molecule has 0 N–H and O–H groups in total. The Morgan fingerprint density at radius 3 is 2.81 bits per heavy atom. The quantitative estimate of drug-likeness (QED) is 0.552. The maximum atomic E-state index is 5.86. The molecule has 0 aliphatic rings. The van der Waals surface area contributed by atoms with Gasteiger partial charge >= 0.3 is 0 Å². The van der Waals surface area contributed by atoms with Crippen molar-refractivity contribution in [1.29, 1.82) is 0 Å². The van der Waals surface area contributed by atoms with Gasteiger partial charge in [0, 0.05) is 4.47 Å². The number of benzene rings is 1. The van der Waals surface area contributed by atoms with Gasteiger partial charge in [0.15, 0.2) is 6.10 Å². The van der Waals surface area contributed by atoms with Gasteiger partial charge in [0.2, 0.25) is 0 Å². The van der Waals surface area contributed by atoms with E-state index in [0.29, 0.717) is 11.8 Å². The number of aromatic nitrogens is 2. The molecule has 0 spiro atoms. The number of rotatable bonds is 4. The minimum atomic E-state index is -0.330. The summed E-state index contributed by atoms with van der Waals surface area (Å²) in [4.78, 5) is 0.950. The van der Waals surface area contributed by atoms with Gasteiger partial charge in [-0.05, 0) is 52.5 Å². The van der Waals surface area contributed by atoms with Crippen LogP contribution in [-0.4, -0.2) is 10.2 Å². The number of halogens is 2. The molecule has 3 rings (SSSR count). The Morgan fingerprint density at radius 1 is 1.24 bits per heavy atom. The van der Waals surface area contributed by atoms with E-state index in [-0.39, 0.29) is 6.10 Å². The molecule has 1 aromatic carbocycles. The third kappa shape index (κ3) is 3.36. The number of hydrogen-bond donors (Lipinski definition) is 0. The summed E-state index contributed by atoms with van der Waals surface area (Å²) in [5.41, 5.74) is 0. The van der Waals surface area contributed by atoms with Crippen molar-refractivity contribution in [2.75, 3.05) is 0 Å². The van der Waals surface area contributed by atoms with E-state index in [1.54, 1.807) is 11.3 Å². The third-order valence-electron chi connectivity index (χ3n) is 2.72. The van der Waals surface area contributed by atoms with E-state index in [1.165, 1.54) is 0 Å². The predicted molar refractivity (Wildman–Crippen MR) is 88.5 cm³/mol. The highest BCUT2D eigenvalue weighted by Gasteiger charge is 2.18. The minimum Gasteiger partial charge on any atom is -0.480 e. The van der Waals surface area contributed by atoms with E-state index >= 15 is 0 Å². The van der Waals surface area contributed by atoms with Gasteiger partial charge < -0.3 is 9.15 Å². The van der Waals surface area contributed by atoms with E-state index in [4.69, 9.17) is 9.15 Å². The Hall–Kier alpha value is -1.18. The molecule has 0 amide bonds. The van der Waals surface area contributed by atoms with Crippen molar-refractivity contribution in [3.63, 3.8) is 0 Å². The molecule has 0 radical (unpaired) electrons. The molecule has 0 bridgehead atoms. The lowest BCUT2D eigenvalue weighted by molar-refractivity contribution is 0.188. The zero-order valence-electron chi connectivity index (χ0n) is 10.9. The SMILES string of the molecule is C[C@H](Oc1ccc(Br)cc1Br)c1nnc(-c2cccs2)o1. The summed E-state index contributed by atoms with van der Waals surface area (Å²) in [6.07, 6.45) is -0.330. The molecule has 3 aromatic rings. The van der Waals surface area contributed by atoms with Crippen molar-refractivity contribution in [1.82, 2.24) is 10.2 Å². The van der Waals surface area contributed by atoms with Crippen molar-refractivity contribution >= 4 is 43.2 Å². The lowest BCUT2D eigenvalue weighted by Gasteiger charge is -2.12. The minimum absolute atomic E-state index is 0.330. The second-order valence-corrected chi connectivity index (χ2v) is 6.98. The highest BCUT2D eigenvalue weighted by Crippen LogP contribution is 2.32. The monoisotopic (exact) mass is 428 g/mol. The lowest BCUT2D eigenvalue weighted by Crippen LogP contribution is -2.03. The molecule has 4 nitrogen and oxygen atoms in total. The summed E-state index contributed by atoms with van der Waals surface area (Å²) in [6, 6.07) is 9.60. The Labute approximate surface area is 142 Å². The van der Waals surface area contributed by atoms with Gasteiger partial charge in [0.25, 0.3) is 11.8 Å². The van der Waals surface area contributed by atoms with Gasteiger partial charge in [-0.1, -0.05) is 22.0 Å². The van der Waals surface area contributed by atoms with Gasteiger partial charge in [-0.15, -0.1) is 21.5 Å². The summed E-state index contributed by atoms with van der Waals surface area (Å²) in [5, 5.41) is 10.1. The molecule has 7 heteroatoms. The van der Waals surface area contributed by atoms with Gasteiger partial charge in [0.05, 0.1) is 9.35 Å². The van der Waals surface area contributed by atoms with Crippen LogP contribution in [-0.2, 0) is 0 Å². The molecule has 0 saturated carbocycles. The second-order valence-electron chi connectivity index (χ2n) is 4.26. The van der Waals surface area contributed by atoms with Crippen molar-refractivity contribution in [3.8, 4) is 16.5 Å². The fraction of sp³-hybridized carbons (Fsp3) is 0.143. The molecule has 108 valence electrons. The fourth-order valence-corrected chi connectivity index (χ4v) is 3.50. The number of ether oxygens (including phenoxy) is 1. The van der Waals surface area contributed by atoms with E-state index in [1.807, 2.05) is 42.6 Å². The van der Waals surface area contributed by atoms with Gasteiger partial charge in [0.1, 0.15) is 5.75 Å². The normalized spacial score (nSPS) is 12.3. The van der Waals surface area contributed by atoms with E-state index in [2.05, 4.69) is 42.1 Å². The van der Waals surface area contributed by atoms with Crippen molar-refractivity contribution in [3.05, 3.63) is 50.5 Å². The van der Waals surface area contributed by atoms with Crippen LogP contribution < -0.4 is 4.74 Å². The van der Waals surface area contributed by atoms with Gasteiger partial charge in [-0.25, -0.2) is 0 Å². The Balaban J connectivity index is 1.78. The molecule has 0 unspecified atom stereocenters. The van der Waals surface area contributed by atoms with Gasteiger partial charge in [-0.2, -0.15) is 0 Å². The molecule has 0 aliphatic carbocycles. The van der Waals surface area contributed by atoms with Crippen LogP contribution in [0.2, 0.25) is 0 Å². The van der Waals surface area contributed by atoms with Crippen LogP contribution in [0.25, 0.3) is 10.8 Å². The molecule has 0 aliphatic heterocycles. The summed E-state index contributed by atoms with van der Waals surface area (Å²) < 4.78 is 13.4. The van der Waals surface area contributed by atoms with Crippen LogP contribution in [0.4, 0.5) is 0 Å². The Morgan fingerprint density at radius 2 is 2.10 bits per heavy atom. The predicted octanol–water partition coefficient (Wildman–Crippen LogP) is 5.46. The first-order valence-electron chi connectivity index (χ1n) is 6.12. The first kappa shape index (κ1) is 14.7. The van der Waals surface area contributed by atoms with Gasteiger partial charge in [-0.3, -0.25) is 0 Å². The molecule has 2 aromatic heterocycles. The molecule has 21 heavy (non-hydrogen) atoms. The average molecular weight is 430 g/mol. The van der Waals surface area contributed by atoms with E-state index in [9.17, 15) is 0 Å². The van der Waals surface area contributed by atoms with Crippen LogP contribution in [0, 0.1) is 0 Å².